The van der Waals surface area contributed by atoms with Crippen molar-refractivity contribution in [1.29, 1.82) is 0 Å². The van der Waals surface area contributed by atoms with Crippen molar-refractivity contribution < 1.29 is 28.5 Å². The van der Waals surface area contributed by atoms with Gasteiger partial charge < -0.3 is 29.6 Å². The summed E-state index contributed by atoms with van der Waals surface area (Å²) in [4.78, 5) is 25.9. The van der Waals surface area contributed by atoms with Gasteiger partial charge in [-0.1, -0.05) is 60.7 Å². The van der Waals surface area contributed by atoms with Crippen molar-refractivity contribution in [3.05, 3.63) is 131 Å². The molecule has 8 nitrogen and oxygen atoms in total. The van der Waals surface area contributed by atoms with Gasteiger partial charge in [0.25, 0.3) is 11.8 Å². The summed E-state index contributed by atoms with van der Waals surface area (Å²) in [6, 6.07) is 29.3. The third-order valence-corrected chi connectivity index (χ3v) is 6.51. The van der Waals surface area contributed by atoms with Crippen LogP contribution in [0.4, 0.5) is 0 Å². The van der Waals surface area contributed by atoms with Gasteiger partial charge in [-0.15, -0.1) is 0 Å². The van der Waals surface area contributed by atoms with Crippen molar-refractivity contribution in [1.82, 2.24) is 10.6 Å². The molecule has 1 aliphatic heterocycles. The van der Waals surface area contributed by atoms with E-state index in [0.29, 0.717) is 47.3 Å². The third-order valence-electron chi connectivity index (χ3n) is 6.51. The minimum absolute atomic E-state index is 0.224. The van der Waals surface area contributed by atoms with Crippen molar-refractivity contribution in [2.24, 2.45) is 0 Å². The molecule has 1 aliphatic rings. The Balaban J connectivity index is 1.35. The zero-order chi connectivity index (χ0) is 29.0. The van der Waals surface area contributed by atoms with Crippen LogP contribution in [-0.2, 0) is 13.2 Å². The van der Waals surface area contributed by atoms with E-state index in [4.69, 9.17) is 18.9 Å². The van der Waals surface area contributed by atoms with Crippen molar-refractivity contribution >= 4 is 11.8 Å². The number of rotatable bonds is 0. The lowest BCUT2D eigenvalue weighted by Crippen LogP contribution is -2.35. The SMILES string of the molecule is O=C1NCCNC(=O)c2ccccc2OCc2ccccc2OC/C=C/COc2ccccc2COc2ccccc21. The first-order valence-electron chi connectivity index (χ1n) is 13.8. The maximum Gasteiger partial charge on any atom is 0.255 e. The number of carbonyl (C=O) groups is 2. The van der Waals surface area contributed by atoms with Gasteiger partial charge in [-0.05, 0) is 48.6 Å². The first-order valence-corrected chi connectivity index (χ1v) is 13.8. The largest absolute Gasteiger partial charge is 0.489 e. The molecule has 0 radical (unpaired) electrons. The Bertz CT molecular complexity index is 1440. The Labute approximate surface area is 244 Å². The van der Waals surface area contributed by atoms with E-state index in [1.165, 1.54) is 0 Å². The van der Waals surface area contributed by atoms with Crippen LogP contribution in [0.15, 0.2) is 109 Å². The number of hydrogen-bond acceptors (Lipinski definition) is 6. The average Bonchev–Trinajstić information content (AvgIpc) is 3.03. The van der Waals surface area contributed by atoms with Gasteiger partial charge in [0.2, 0.25) is 0 Å². The van der Waals surface area contributed by atoms with Gasteiger partial charge in [0.1, 0.15) is 49.4 Å². The monoisotopic (exact) mass is 564 g/mol. The van der Waals surface area contributed by atoms with Crippen LogP contribution in [0.3, 0.4) is 0 Å². The first kappa shape index (κ1) is 28.3. The van der Waals surface area contributed by atoms with Crippen LogP contribution in [0.1, 0.15) is 31.8 Å². The summed E-state index contributed by atoms with van der Waals surface area (Å²) < 4.78 is 24.1. The molecule has 4 aromatic carbocycles. The fourth-order valence-electron chi connectivity index (χ4n) is 4.35. The molecule has 8 heteroatoms. The predicted molar refractivity (Wildman–Crippen MR) is 159 cm³/mol. The number of fused-ring (bicyclic) bond motifs is 4. The molecule has 4 aromatic rings. The van der Waals surface area contributed by atoms with Crippen LogP contribution in [0.2, 0.25) is 0 Å². The van der Waals surface area contributed by atoms with E-state index < -0.39 is 0 Å². The van der Waals surface area contributed by atoms with Crippen LogP contribution in [0, 0.1) is 0 Å². The summed E-state index contributed by atoms with van der Waals surface area (Å²) >= 11 is 0. The molecule has 0 saturated carbocycles. The molecule has 0 unspecified atom stereocenters. The van der Waals surface area contributed by atoms with Gasteiger partial charge in [-0.2, -0.15) is 0 Å². The molecule has 42 heavy (non-hydrogen) atoms. The fourth-order valence-corrected chi connectivity index (χ4v) is 4.35. The minimum atomic E-state index is -0.298. The van der Waals surface area contributed by atoms with Crippen molar-refractivity contribution in [3.8, 4) is 23.0 Å². The molecule has 0 bridgehead atoms. The van der Waals surface area contributed by atoms with Gasteiger partial charge in [-0.25, -0.2) is 0 Å². The maximum absolute atomic E-state index is 13.0. The molecule has 0 aromatic heterocycles. The highest BCUT2D eigenvalue weighted by Gasteiger charge is 2.15. The maximum atomic E-state index is 13.0. The summed E-state index contributed by atoms with van der Waals surface area (Å²) in [5.41, 5.74) is 2.50. The number of carbonyl (C=O) groups excluding carboxylic acids is 2. The zero-order valence-electron chi connectivity index (χ0n) is 23.1. The van der Waals surface area contributed by atoms with Gasteiger partial charge in [0.15, 0.2) is 0 Å². The van der Waals surface area contributed by atoms with Crippen molar-refractivity contribution in [2.75, 3.05) is 26.3 Å². The summed E-state index contributed by atoms with van der Waals surface area (Å²) in [6.07, 6.45) is 3.79. The van der Waals surface area contributed by atoms with Gasteiger partial charge >= 0.3 is 0 Å². The average molecular weight is 565 g/mol. The first-order chi connectivity index (χ1) is 20.7. The van der Waals surface area contributed by atoms with E-state index in [1.807, 2.05) is 72.8 Å². The number of hydrogen-bond donors (Lipinski definition) is 2. The molecule has 5 rings (SSSR count). The van der Waals surface area contributed by atoms with Crippen LogP contribution >= 0.6 is 0 Å². The number of amides is 2. The Morgan fingerprint density at radius 1 is 0.452 bits per heavy atom. The molecule has 2 N–H and O–H groups in total. The van der Waals surface area contributed by atoms with E-state index in [2.05, 4.69) is 10.6 Å². The lowest BCUT2D eigenvalue weighted by Gasteiger charge is -2.15. The zero-order valence-corrected chi connectivity index (χ0v) is 23.1. The van der Waals surface area contributed by atoms with Gasteiger partial charge in [-0.3, -0.25) is 9.59 Å². The normalized spacial score (nSPS) is 15.5. The van der Waals surface area contributed by atoms with E-state index in [9.17, 15) is 9.59 Å². The van der Waals surface area contributed by atoms with E-state index in [-0.39, 0.29) is 38.1 Å². The molecule has 0 saturated heterocycles. The van der Waals surface area contributed by atoms with Crippen molar-refractivity contribution in [3.63, 3.8) is 0 Å². The van der Waals surface area contributed by atoms with E-state index in [0.717, 1.165) is 11.1 Å². The minimum Gasteiger partial charge on any atom is -0.489 e. The summed E-state index contributed by atoms with van der Waals surface area (Å²) in [5, 5.41) is 5.71. The smallest absolute Gasteiger partial charge is 0.255 e. The van der Waals surface area contributed by atoms with Crippen LogP contribution < -0.4 is 29.6 Å². The quantitative estimate of drug-likeness (QED) is 0.280. The third kappa shape index (κ3) is 7.48. The highest BCUT2D eigenvalue weighted by Crippen LogP contribution is 2.25. The lowest BCUT2D eigenvalue weighted by atomic mass is 10.1. The molecule has 0 aliphatic carbocycles. The summed E-state index contributed by atoms with van der Waals surface area (Å²) in [6.45, 7) is 1.61. The Morgan fingerprint density at radius 2 is 0.833 bits per heavy atom. The molecule has 2 amide bonds. The van der Waals surface area contributed by atoms with Crippen LogP contribution in [0.25, 0.3) is 0 Å². The summed E-state index contributed by atoms with van der Waals surface area (Å²) in [7, 11) is 0. The van der Waals surface area contributed by atoms with Crippen LogP contribution in [0.5, 0.6) is 23.0 Å². The van der Waals surface area contributed by atoms with Gasteiger partial charge in [0.05, 0.1) is 11.1 Å². The number of ether oxygens (including phenoxy) is 4. The van der Waals surface area contributed by atoms with E-state index in [1.54, 1.807) is 36.4 Å². The molecule has 0 spiro atoms. The highest BCUT2D eigenvalue weighted by atomic mass is 16.5. The topological polar surface area (TPSA) is 95.1 Å². The number of nitrogens with one attached hydrogen (secondary N) is 2. The second-order valence-corrected chi connectivity index (χ2v) is 9.39. The fraction of sp³-hybridized carbons (Fsp3) is 0.176. The molecule has 0 fully saturated rings. The summed E-state index contributed by atoms with van der Waals surface area (Å²) in [5.74, 6) is 1.69. The van der Waals surface area contributed by atoms with Crippen molar-refractivity contribution in [2.45, 2.75) is 13.2 Å². The van der Waals surface area contributed by atoms with Crippen LogP contribution in [-0.4, -0.2) is 38.1 Å². The molecular formula is C34H32N2O6. The molecule has 0 atom stereocenters. The molecule has 1 heterocycles. The number of para-hydroxylation sites is 4. The second-order valence-electron chi connectivity index (χ2n) is 9.39. The Morgan fingerprint density at radius 3 is 1.29 bits per heavy atom. The Hall–Kier alpha value is -5.24. The Kier molecular flexibility index (Phi) is 9.71. The number of benzene rings is 4. The predicted octanol–water partition coefficient (Wildman–Crippen LogP) is 5.33. The standard InChI is InChI=1S/C34H32N2O6/c37-33-27-13-3-7-17-31(27)41-23-25-11-1-5-15-29(25)39-21-9-10-22-40-30-16-6-2-12-26(30)24-42-32-18-8-4-14-28(32)34(38)36-20-19-35-33/h1-18H,19-24H2,(H,35,37)(H,36,38)/b10-9+. The molecule has 214 valence electrons. The molecular weight excluding hydrogens is 532 g/mol. The van der Waals surface area contributed by atoms with Gasteiger partial charge in [0, 0.05) is 24.2 Å². The lowest BCUT2D eigenvalue weighted by molar-refractivity contribution is 0.0922. The van der Waals surface area contributed by atoms with E-state index >= 15 is 0 Å². The highest BCUT2D eigenvalue weighted by molar-refractivity contribution is 5.98. The second kappa shape index (κ2) is 14.4.